The lowest BCUT2D eigenvalue weighted by molar-refractivity contribution is -0.837. The van der Waals surface area contributed by atoms with E-state index in [4.69, 9.17) is 4.55 Å². The van der Waals surface area contributed by atoms with Gasteiger partial charge in [-0.3, -0.25) is 13.8 Å². The molecule has 9 heteroatoms. The molecule has 1 aliphatic heterocycles. The second-order valence-corrected chi connectivity index (χ2v) is 11.0. The van der Waals surface area contributed by atoms with E-state index in [-0.39, 0.29) is 30.0 Å². The third-order valence-electron chi connectivity index (χ3n) is 6.40. The molecule has 0 saturated heterocycles. The van der Waals surface area contributed by atoms with Gasteiger partial charge in [-0.25, -0.2) is 4.99 Å². The molecule has 8 nitrogen and oxygen atoms in total. The molecule has 0 aromatic carbocycles. The third kappa shape index (κ3) is 13.1. The molecular formula is C25H47N2O6S+. The van der Waals surface area contributed by atoms with Gasteiger partial charge in [-0.15, -0.1) is 0 Å². The van der Waals surface area contributed by atoms with Crippen LogP contribution < -0.4 is 0 Å². The van der Waals surface area contributed by atoms with Crippen molar-refractivity contribution in [3.05, 3.63) is 12.2 Å². The van der Waals surface area contributed by atoms with Crippen LogP contribution in [0.5, 0.6) is 0 Å². The summed E-state index contributed by atoms with van der Waals surface area (Å²) in [5, 5.41) is 19.6. The van der Waals surface area contributed by atoms with Crippen molar-refractivity contribution in [3.63, 3.8) is 0 Å². The van der Waals surface area contributed by atoms with Gasteiger partial charge in [0, 0.05) is 6.42 Å². The topological polar surface area (TPSA) is 124 Å². The average Bonchev–Trinajstić information content (AvgIpc) is 3.15. The molecule has 0 saturated carbocycles. The van der Waals surface area contributed by atoms with Gasteiger partial charge in [0.25, 0.3) is 16.0 Å². The highest BCUT2D eigenvalue weighted by Gasteiger charge is 2.43. The largest absolute Gasteiger partial charge is 0.390 e. The molecule has 0 amide bonds. The summed E-state index contributed by atoms with van der Waals surface area (Å²) < 4.78 is 31.2. The Labute approximate surface area is 206 Å². The van der Waals surface area contributed by atoms with E-state index in [1.165, 1.54) is 57.8 Å². The number of aliphatic imine (C=N–C) groups is 1. The van der Waals surface area contributed by atoms with Gasteiger partial charge in [-0.05, 0) is 25.7 Å². The van der Waals surface area contributed by atoms with E-state index in [1.807, 2.05) is 0 Å². The Bertz CT molecular complexity index is 738. The van der Waals surface area contributed by atoms with Crippen molar-refractivity contribution in [2.75, 3.05) is 38.5 Å². The van der Waals surface area contributed by atoms with Crippen molar-refractivity contribution in [1.82, 2.24) is 0 Å². The van der Waals surface area contributed by atoms with Crippen molar-refractivity contribution in [2.45, 2.75) is 96.5 Å². The summed E-state index contributed by atoms with van der Waals surface area (Å²) in [5.74, 6) is -0.584. The highest BCUT2D eigenvalue weighted by molar-refractivity contribution is 7.85. The minimum atomic E-state index is -4.33. The van der Waals surface area contributed by atoms with Gasteiger partial charge < -0.3 is 10.2 Å². The zero-order chi connectivity index (χ0) is 25.3. The number of aliphatic hydroxyl groups excluding tert-OH is 2. The van der Waals surface area contributed by atoms with Crippen molar-refractivity contribution in [3.8, 4) is 0 Å². The van der Waals surface area contributed by atoms with E-state index in [0.717, 1.165) is 19.3 Å². The Morgan fingerprint density at radius 1 is 1.03 bits per heavy atom. The summed E-state index contributed by atoms with van der Waals surface area (Å²) in [7, 11) is -4.33. The summed E-state index contributed by atoms with van der Waals surface area (Å²) in [6.45, 7) is 2.94. The number of allylic oxidation sites excluding steroid dienone is 2. The second-order valence-electron chi connectivity index (χ2n) is 9.51. The standard InChI is InChI=1S/C25H46N2O6S/c1-2-3-4-5-6-7-8-9-10-11-12-13-14-15-16-24(30)25-26-17-18-27(25,19-20-28)21-23(29)22-34(31,32)33/h5-6,23,28-29H,2-4,7-22H2,1H3/p+1/b6-5+. The van der Waals surface area contributed by atoms with Crippen molar-refractivity contribution in [1.29, 1.82) is 0 Å². The van der Waals surface area contributed by atoms with E-state index in [9.17, 15) is 23.4 Å². The molecule has 1 rings (SSSR count). The van der Waals surface area contributed by atoms with E-state index in [1.54, 1.807) is 0 Å². The first kappa shape index (κ1) is 30.9. The number of carbonyl (C=O) groups is 1. The Kier molecular flexibility index (Phi) is 15.7. The summed E-state index contributed by atoms with van der Waals surface area (Å²) in [5.41, 5.74) is 0. The molecule has 0 fully saturated rings. The van der Waals surface area contributed by atoms with E-state index in [2.05, 4.69) is 24.1 Å². The van der Waals surface area contributed by atoms with Gasteiger partial charge in [-0.1, -0.05) is 70.4 Å². The molecule has 1 aliphatic rings. The molecule has 0 radical (unpaired) electrons. The summed E-state index contributed by atoms with van der Waals surface area (Å²) >= 11 is 0. The lowest BCUT2D eigenvalue weighted by atomic mass is 10.0. The number of quaternary nitrogens is 1. The number of hydrogen-bond donors (Lipinski definition) is 3. The number of rotatable bonds is 21. The molecule has 0 bridgehead atoms. The second kappa shape index (κ2) is 17.3. The predicted molar refractivity (Wildman–Crippen MR) is 137 cm³/mol. The third-order valence-corrected chi connectivity index (χ3v) is 7.20. The Balaban J connectivity index is 2.27. The van der Waals surface area contributed by atoms with Crippen LogP contribution in [-0.4, -0.2) is 83.9 Å². The summed E-state index contributed by atoms with van der Waals surface area (Å²) in [4.78, 5) is 17.2. The molecule has 0 aromatic rings. The van der Waals surface area contributed by atoms with Crippen LogP contribution in [0.4, 0.5) is 0 Å². The maximum absolute atomic E-state index is 12.8. The first-order valence-electron chi connectivity index (χ1n) is 13.1. The first-order chi connectivity index (χ1) is 16.2. The number of amidine groups is 1. The maximum Gasteiger partial charge on any atom is 0.267 e. The van der Waals surface area contributed by atoms with Gasteiger partial charge in [0.05, 0.1) is 13.2 Å². The maximum atomic E-state index is 12.8. The number of Topliss-reactive ketones (excluding diaryl/α,β-unsaturated/α-hetero) is 1. The molecular weight excluding hydrogens is 456 g/mol. The number of hydrogen-bond acceptors (Lipinski definition) is 6. The van der Waals surface area contributed by atoms with Crippen LogP contribution in [0.1, 0.15) is 90.4 Å². The summed E-state index contributed by atoms with van der Waals surface area (Å²) in [6, 6.07) is 0. The molecule has 198 valence electrons. The van der Waals surface area contributed by atoms with Crippen molar-refractivity contribution >= 4 is 21.7 Å². The van der Waals surface area contributed by atoms with Crippen LogP contribution in [0.2, 0.25) is 0 Å². The molecule has 0 aliphatic carbocycles. The SMILES string of the molecule is CCCC/C=C/CCCCCCCCCCC(=O)C1=NCC[N+]1(CCO)CC(O)CS(=O)(=O)O. The van der Waals surface area contributed by atoms with Crippen LogP contribution in [0.3, 0.4) is 0 Å². The number of aliphatic hydroxyl groups is 2. The quantitative estimate of drug-likeness (QED) is 0.0950. The zero-order valence-electron chi connectivity index (χ0n) is 21.0. The van der Waals surface area contributed by atoms with E-state index < -0.39 is 22.0 Å². The fourth-order valence-electron chi connectivity index (χ4n) is 4.61. The number of nitrogens with zero attached hydrogens (tertiary/aromatic N) is 2. The average molecular weight is 504 g/mol. The Morgan fingerprint density at radius 2 is 1.62 bits per heavy atom. The van der Waals surface area contributed by atoms with Gasteiger partial charge in [-0.2, -0.15) is 8.42 Å². The van der Waals surface area contributed by atoms with Crippen LogP contribution in [-0.2, 0) is 14.9 Å². The van der Waals surface area contributed by atoms with Crippen LogP contribution in [0, 0.1) is 0 Å². The highest BCUT2D eigenvalue weighted by atomic mass is 32.2. The molecule has 1 heterocycles. The predicted octanol–water partition coefficient (Wildman–Crippen LogP) is 3.67. The Hall–Kier alpha value is -1.13. The number of carbonyl (C=O) groups excluding carboxylic acids is 1. The smallest absolute Gasteiger partial charge is 0.267 e. The van der Waals surface area contributed by atoms with Gasteiger partial charge in [0.15, 0.2) is 0 Å². The lowest BCUT2D eigenvalue weighted by Crippen LogP contribution is -2.59. The van der Waals surface area contributed by atoms with Gasteiger partial charge >= 0.3 is 0 Å². The van der Waals surface area contributed by atoms with Crippen molar-refractivity contribution < 1.29 is 32.5 Å². The van der Waals surface area contributed by atoms with E-state index >= 15 is 0 Å². The monoisotopic (exact) mass is 503 g/mol. The van der Waals surface area contributed by atoms with Gasteiger partial charge in [0.1, 0.15) is 31.5 Å². The van der Waals surface area contributed by atoms with Crippen LogP contribution in [0.15, 0.2) is 17.1 Å². The number of unbranched alkanes of at least 4 members (excludes halogenated alkanes) is 10. The molecule has 0 aromatic heterocycles. The number of ketones is 1. The van der Waals surface area contributed by atoms with Crippen molar-refractivity contribution in [2.24, 2.45) is 4.99 Å². The normalized spacial score (nSPS) is 19.6. The molecule has 0 spiro atoms. The molecule has 2 unspecified atom stereocenters. The zero-order valence-corrected chi connectivity index (χ0v) is 21.9. The summed E-state index contributed by atoms with van der Waals surface area (Å²) in [6.07, 6.45) is 17.6. The van der Waals surface area contributed by atoms with Gasteiger partial charge in [0.2, 0.25) is 5.78 Å². The van der Waals surface area contributed by atoms with Crippen LogP contribution in [0.25, 0.3) is 0 Å². The van der Waals surface area contributed by atoms with Crippen LogP contribution >= 0.6 is 0 Å². The minimum absolute atomic E-state index is 0.0280. The highest BCUT2D eigenvalue weighted by Crippen LogP contribution is 2.20. The molecule has 34 heavy (non-hydrogen) atoms. The molecule has 2 atom stereocenters. The molecule has 3 N–H and O–H groups in total. The Morgan fingerprint density at radius 3 is 2.21 bits per heavy atom. The minimum Gasteiger partial charge on any atom is -0.390 e. The first-order valence-corrected chi connectivity index (χ1v) is 14.7. The lowest BCUT2D eigenvalue weighted by Gasteiger charge is -2.34. The fraction of sp³-hybridized carbons (Fsp3) is 0.840. The van der Waals surface area contributed by atoms with E-state index in [0.29, 0.717) is 25.3 Å². The fourth-order valence-corrected chi connectivity index (χ4v) is 5.20.